The number of ether oxygens (including phenoxy) is 1. The number of anilines is 1. The Morgan fingerprint density at radius 1 is 1.08 bits per heavy atom. The molecule has 3 heterocycles. The second kappa shape index (κ2) is 9.48. The summed E-state index contributed by atoms with van der Waals surface area (Å²) in [6.45, 7) is 0. The van der Waals surface area contributed by atoms with E-state index in [0.717, 1.165) is 32.4 Å². The number of nitrogens with one attached hydrogen (secondary N) is 1. The lowest BCUT2D eigenvalue weighted by atomic mass is 10.1. The van der Waals surface area contributed by atoms with Gasteiger partial charge in [-0.05, 0) is 41.8 Å². The molecule has 10 heteroatoms. The molecule has 0 unspecified atom stereocenters. The quantitative estimate of drug-likeness (QED) is 0.260. The van der Waals surface area contributed by atoms with Gasteiger partial charge in [0, 0.05) is 5.39 Å². The lowest BCUT2D eigenvalue weighted by molar-refractivity contribution is -0.113. The van der Waals surface area contributed by atoms with Gasteiger partial charge in [0.25, 0.3) is 0 Å². The summed E-state index contributed by atoms with van der Waals surface area (Å²) in [5, 5.41) is 14.9. The Hall–Kier alpha value is -4.15. The number of aromatic nitrogens is 4. The van der Waals surface area contributed by atoms with Gasteiger partial charge in [-0.15, -0.1) is 10.2 Å². The average Bonchev–Trinajstić information content (AvgIpc) is 3.66. The molecule has 0 spiro atoms. The summed E-state index contributed by atoms with van der Waals surface area (Å²) in [7, 11) is 1.62. The number of nitrogens with zero attached hydrogens (tertiary/aromatic N) is 4. The fourth-order valence-corrected chi connectivity index (χ4v) is 5.58. The summed E-state index contributed by atoms with van der Waals surface area (Å²) in [5.41, 5.74) is 1.72. The molecule has 0 aliphatic heterocycles. The van der Waals surface area contributed by atoms with E-state index in [2.05, 4.69) is 38.7 Å². The van der Waals surface area contributed by atoms with E-state index in [4.69, 9.17) is 9.15 Å². The molecule has 6 aromatic rings. The first-order chi connectivity index (χ1) is 17.7. The standard InChI is InChI=1S/C26H19N5O3S2/c1-33-17-11-12-19-22(14-17)36-25(27-19)28-23(32)15-35-26-30-29-24(21-10-5-13-34-21)31(26)20-9-4-7-16-6-2-3-8-18(16)20/h2-14H,15H2,1H3,(H,27,28,32). The van der Waals surface area contributed by atoms with Gasteiger partial charge in [-0.3, -0.25) is 9.36 Å². The van der Waals surface area contributed by atoms with Gasteiger partial charge in [0.2, 0.25) is 11.7 Å². The maximum atomic E-state index is 12.8. The largest absolute Gasteiger partial charge is 0.497 e. The van der Waals surface area contributed by atoms with Crippen LogP contribution in [-0.4, -0.2) is 38.5 Å². The Kier molecular flexibility index (Phi) is 5.88. The fourth-order valence-electron chi connectivity index (χ4n) is 3.92. The minimum atomic E-state index is -0.182. The van der Waals surface area contributed by atoms with E-state index in [-0.39, 0.29) is 11.7 Å². The maximum absolute atomic E-state index is 12.8. The van der Waals surface area contributed by atoms with Crippen molar-refractivity contribution < 1.29 is 13.9 Å². The number of furan rings is 1. The van der Waals surface area contributed by atoms with Crippen molar-refractivity contribution in [1.29, 1.82) is 0 Å². The normalized spacial score (nSPS) is 11.2. The Morgan fingerprint density at radius 2 is 1.97 bits per heavy atom. The highest BCUT2D eigenvalue weighted by Gasteiger charge is 2.20. The molecule has 0 radical (unpaired) electrons. The molecule has 0 aliphatic rings. The third kappa shape index (κ3) is 4.21. The molecular weight excluding hydrogens is 494 g/mol. The fraction of sp³-hybridized carbons (Fsp3) is 0.0769. The second-order valence-corrected chi connectivity index (χ2v) is 9.78. The van der Waals surface area contributed by atoms with Crippen LogP contribution in [0, 0.1) is 0 Å². The molecule has 3 aromatic heterocycles. The Labute approximate surface area is 213 Å². The zero-order valence-electron chi connectivity index (χ0n) is 19.0. The van der Waals surface area contributed by atoms with Gasteiger partial charge in [0.05, 0.1) is 35.0 Å². The Balaban J connectivity index is 1.28. The van der Waals surface area contributed by atoms with Crippen molar-refractivity contribution in [3.63, 3.8) is 0 Å². The van der Waals surface area contributed by atoms with Crippen LogP contribution >= 0.6 is 23.1 Å². The molecule has 1 amide bonds. The van der Waals surface area contributed by atoms with E-state index < -0.39 is 0 Å². The van der Waals surface area contributed by atoms with Crippen molar-refractivity contribution in [2.45, 2.75) is 5.16 Å². The van der Waals surface area contributed by atoms with Crippen LogP contribution in [-0.2, 0) is 4.79 Å². The number of hydrogen-bond acceptors (Lipinski definition) is 8. The zero-order valence-corrected chi connectivity index (χ0v) is 20.7. The number of thiazole rings is 1. The van der Waals surface area contributed by atoms with Crippen molar-refractivity contribution >= 4 is 55.1 Å². The smallest absolute Gasteiger partial charge is 0.236 e. The van der Waals surface area contributed by atoms with Crippen LogP contribution in [0.15, 0.2) is 88.6 Å². The summed E-state index contributed by atoms with van der Waals surface area (Å²) in [6.07, 6.45) is 1.60. The summed E-state index contributed by atoms with van der Waals surface area (Å²) in [5.74, 6) is 1.87. The van der Waals surface area contributed by atoms with Crippen LogP contribution in [0.25, 0.3) is 38.3 Å². The van der Waals surface area contributed by atoms with Crippen LogP contribution in [0.2, 0.25) is 0 Å². The zero-order chi connectivity index (χ0) is 24.5. The summed E-state index contributed by atoms with van der Waals surface area (Å²) in [4.78, 5) is 17.3. The second-order valence-electron chi connectivity index (χ2n) is 7.81. The minimum Gasteiger partial charge on any atom is -0.497 e. The molecule has 0 aliphatic carbocycles. The van der Waals surface area contributed by atoms with Crippen molar-refractivity contribution in [1.82, 2.24) is 19.7 Å². The lowest BCUT2D eigenvalue weighted by Crippen LogP contribution is -2.14. The van der Waals surface area contributed by atoms with Crippen molar-refractivity contribution in [3.05, 3.63) is 79.1 Å². The number of amides is 1. The monoisotopic (exact) mass is 513 g/mol. The molecule has 36 heavy (non-hydrogen) atoms. The summed E-state index contributed by atoms with van der Waals surface area (Å²) in [6, 6.07) is 23.5. The van der Waals surface area contributed by atoms with E-state index in [1.54, 1.807) is 13.4 Å². The number of methoxy groups -OCH3 is 1. The van der Waals surface area contributed by atoms with Gasteiger partial charge in [-0.25, -0.2) is 4.98 Å². The van der Waals surface area contributed by atoms with Crippen molar-refractivity contribution in [2.75, 3.05) is 18.2 Å². The first-order valence-corrected chi connectivity index (χ1v) is 12.8. The number of benzene rings is 3. The Morgan fingerprint density at radius 3 is 2.83 bits per heavy atom. The van der Waals surface area contributed by atoms with E-state index in [9.17, 15) is 4.79 Å². The molecule has 178 valence electrons. The molecule has 0 saturated heterocycles. The number of carbonyl (C=O) groups excluding carboxylic acids is 1. The van der Waals surface area contributed by atoms with Gasteiger partial charge in [0.1, 0.15) is 5.75 Å². The first kappa shape index (κ1) is 22.3. The molecule has 3 aromatic carbocycles. The third-order valence-corrected chi connectivity index (χ3v) is 7.42. The van der Waals surface area contributed by atoms with Crippen LogP contribution in [0.5, 0.6) is 5.75 Å². The van der Waals surface area contributed by atoms with E-state index >= 15 is 0 Å². The van der Waals surface area contributed by atoms with Gasteiger partial charge in [-0.1, -0.05) is 59.5 Å². The molecule has 0 saturated carbocycles. The van der Waals surface area contributed by atoms with Crippen molar-refractivity contribution in [3.8, 4) is 23.0 Å². The number of fused-ring (bicyclic) bond motifs is 2. The molecule has 0 fully saturated rings. The molecule has 1 N–H and O–H groups in total. The van der Waals surface area contributed by atoms with Crippen LogP contribution in [0.4, 0.5) is 5.13 Å². The average molecular weight is 514 g/mol. The molecule has 6 rings (SSSR count). The maximum Gasteiger partial charge on any atom is 0.236 e. The molecule has 8 nitrogen and oxygen atoms in total. The van der Waals surface area contributed by atoms with Gasteiger partial charge < -0.3 is 14.5 Å². The number of thioether (sulfide) groups is 1. The SMILES string of the molecule is COc1ccc2nc(NC(=O)CSc3nnc(-c4ccco4)n3-c3cccc4ccccc34)sc2c1. The van der Waals surface area contributed by atoms with Crippen LogP contribution < -0.4 is 10.1 Å². The molecule has 0 bridgehead atoms. The topological polar surface area (TPSA) is 95.1 Å². The highest BCUT2D eigenvalue weighted by Crippen LogP contribution is 2.33. The highest BCUT2D eigenvalue weighted by molar-refractivity contribution is 7.99. The lowest BCUT2D eigenvalue weighted by Gasteiger charge is -2.12. The summed E-state index contributed by atoms with van der Waals surface area (Å²) >= 11 is 2.70. The number of rotatable bonds is 7. The van der Waals surface area contributed by atoms with E-state index in [0.29, 0.717) is 21.9 Å². The van der Waals surface area contributed by atoms with E-state index in [1.807, 2.05) is 59.2 Å². The van der Waals surface area contributed by atoms with Gasteiger partial charge >= 0.3 is 0 Å². The van der Waals surface area contributed by atoms with Crippen LogP contribution in [0.3, 0.4) is 0 Å². The van der Waals surface area contributed by atoms with Gasteiger partial charge in [0.15, 0.2) is 16.0 Å². The molecular formula is C26H19N5O3S2. The highest BCUT2D eigenvalue weighted by atomic mass is 32.2. The predicted octanol–water partition coefficient (Wildman–Crippen LogP) is 6.03. The number of hydrogen-bond donors (Lipinski definition) is 1. The van der Waals surface area contributed by atoms with Gasteiger partial charge in [-0.2, -0.15) is 0 Å². The first-order valence-electron chi connectivity index (χ1n) is 11.0. The van der Waals surface area contributed by atoms with E-state index in [1.165, 1.54) is 23.1 Å². The minimum absolute atomic E-state index is 0.139. The number of carbonyl (C=O) groups is 1. The van der Waals surface area contributed by atoms with Crippen molar-refractivity contribution in [2.24, 2.45) is 0 Å². The predicted molar refractivity (Wildman–Crippen MR) is 142 cm³/mol. The Bertz CT molecular complexity index is 1690. The molecule has 0 atom stereocenters. The summed E-state index contributed by atoms with van der Waals surface area (Å²) < 4.78 is 13.8. The van der Waals surface area contributed by atoms with Crippen LogP contribution in [0.1, 0.15) is 0 Å². The third-order valence-electron chi connectivity index (χ3n) is 5.56.